The standard InChI is InChI=1S/C30H43N7O3S/c1-19-21(6-9-28(32-19)35-15-24-25(16-35)26(24)17-38)13-36-14-22(12-31-36)30(39)33-27-8-7-23-20(2)37(34-29(23)27)18-40-10-11-41(3,4)5/h6,9,12,14,24-27,38H,7-8,10-11,13,15-18H2,1-5H3,(H,33,39)/t24-,25?,26?,27-/m1/s1. The van der Waals surface area contributed by atoms with Gasteiger partial charge in [0, 0.05) is 43.0 Å². The lowest BCUT2D eigenvalue weighted by molar-refractivity contribution is 0.0786. The summed E-state index contributed by atoms with van der Waals surface area (Å²) in [6.07, 6.45) is 12.1. The van der Waals surface area contributed by atoms with Crippen LogP contribution in [0.5, 0.6) is 0 Å². The first-order valence-electron chi connectivity index (χ1n) is 14.6. The molecule has 0 radical (unpaired) electrons. The lowest BCUT2D eigenvalue weighted by Gasteiger charge is -2.24. The van der Waals surface area contributed by atoms with Gasteiger partial charge in [-0.2, -0.15) is 10.2 Å². The van der Waals surface area contributed by atoms with Crippen LogP contribution in [0, 0.1) is 31.6 Å². The van der Waals surface area contributed by atoms with Gasteiger partial charge in [-0.05, 0) is 80.4 Å². The predicted molar refractivity (Wildman–Crippen MR) is 162 cm³/mol. The van der Waals surface area contributed by atoms with E-state index in [9.17, 15) is 9.90 Å². The first-order valence-corrected chi connectivity index (χ1v) is 17.6. The van der Waals surface area contributed by atoms with E-state index in [1.165, 1.54) is 5.56 Å². The Labute approximate surface area is 243 Å². The quantitative estimate of drug-likeness (QED) is 0.335. The van der Waals surface area contributed by atoms with E-state index in [-0.39, 0.29) is 11.9 Å². The van der Waals surface area contributed by atoms with Gasteiger partial charge < -0.3 is 20.1 Å². The molecule has 1 saturated carbocycles. The van der Waals surface area contributed by atoms with Crippen molar-refractivity contribution in [1.82, 2.24) is 29.9 Å². The Morgan fingerprint density at radius 2 is 1.98 bits per heavy atom. The third-order valence-corrected chi connectivity index (χ3v) is 10.4. The minimum atomic E-state index is -0.580. The molecule has 222 valence electrons. The topological polar surface area (TPSA) is 110 Å². The van der Waals surface area contributed by atoms with Gasteiger partial charge in [-0.3, -0.25) is 9.48 Å². The molecule has 0 spiro atoms. The predicted octanol–water partition coefficient (Wildman–Crippen LogP) is 2.90. The number of rotatable bonds is 11. The minimum absolute atomic E-state index is 0.108. The molecule has 1 amide bonds. The summed E-state index contributed by atoms with van der Waals surface area (Å²) in [5.41, 5.74) is 5.89. The zero-order valence-electron chi connectivity index (χ0n) is 24.8. The number of anilines is 1. The fourth-order valence-electron chi connectivity index (χ4n) is 6.36. The molecule has 2 aliphatic carbocycles. The highest BCUT2D eigenvalue weighted by atomic mass is 32.3. The van der Waals surface area contributed by atoms with Crippen molar-refractivity contribution in [3.63, 3.8) is 0 Å². The number of amides is 1. The van der Waals surface area contributed by atoms with E-state index in [2.05, 4.69) is 53.1 Å². The van der Waals surface area contributed by atoms with Crippen LogP contribution in [-0.4, -0.2) is 86.4 Å². The van der Waals surface area contributed by atoms with Gasteiger partial charge in [-0.1, -0.05) is 6.07 Å². The Morgan fingerprint density at radius 3 is 2.68 bits per heavy atom. The molecule has 2 fully saturated rings. The monoisotopic (exact) mass is 581 g/mol. The molecule has 6 rings (SSSR count). The number of ether oxygens (including phenoxy) is 1. The minimum Gasteiger partial charge on any atom is -0.396 e. The van der Waals surface area contributed by atoms with Crippen molar-refractivity contribution >= 4 is 21.8 Å². The zero-order valence-corrected chi connectivity index (χ0v) is 25.7. The third kappa shape index (κ3) is 5.89. The van der Waals surface area contributed by atoms with E-state index in [0.29, 0.717) is 43.2 Å². The van der Waals surface area contributed by atoms with Gasteiger partial charge in [0.25, 0.3) is 5.91 Å². The molecule has 10 nitrogen and oxygen atoms in total. The largest absolute Gasteiger partial charge is 0.396 e. The van der Waals surface area contributed by atoms with Crippen molar-refractivity contribution in [3.05, 3.63) is 58.3 Å². The van der Waals surface area contributed by atoms with E-state index in [0.717, 1.165) is 66.8 Å². The van der Waals surface area contributed by atoms with E-state index in [1.807, 2.05) is 11.6 Å². The smallest absolute Gasteiger partial charge is 0.255 e. The van der Waals surface area contributed by atoms with Crippen molar-refractivity contribution in [1.29, 1.82) is 0 Å². The normalized spacial score (nSPS) is 23.5. The second kappa shape index (κ2) is 11.1. The van der Waals surface area contributed by atoms with Crippen LogP contribution in [-0.2, 0) is 24.4 Å². The van der Waals surface area contributed by atoms with Crippen molar-refractivity contribution in [2.45, 2.75) is 46.0 Å². The van der Waals surface area contributed by atoms with Gasteiger partial charge >= 0.3 is 0 Å². The van der Waals surface area contributed by atoms with Crippen molar-refractivity contribution in [2.75, 3.05) is 55.7 Å². The molecule has 0 aromatic carbocycles. The number of aromatic nitrogens is 5. The Hall–Kier alpha value is -2.89. The van der Waals surface area contributed by atoms with Crippen molar-refractivity contribution in [2.24, 2.45) is 17.8 Å². The Balaban J connectivity index is 1.04. The van der Waals surface area contributed by atoms with Crippen LogP contribution < -0.4 is 10.2 Å². The molecular weight excluding hydrogens is 538 g/mol. The molecule has 4 heterocycles. The zero-order chi connectivity index (χ0) is 28.9. The molecule has 1 saturated heterocycles. The van der Waals surface area contributed by atoms with Gasteiger partial charge in [0.05, 0.1) is 36.6 Å². The Bertz CT molecular complexity index is 1420. The third-order valence-electron chi connectivity index (χ3n) is 9.05. The molecule has 3 aliphatic rings. The average molecular weight is 582 g/mol. The number of aryl methyl sites for hydroxylation is 1. The summed E-state index contributed by atoms with van der Waals surface area (Å²) in [7, 11) is -0.580. The van der Waals surface area contributed by atoms with Crippen LogP contribution in [0.4, 0.5) is 5.82 Å². The van der Waals surface area contributed by atoms with Crippen molar-refractivity contribution < 1.29 is 14.6 Å². The molecule has 2 N–H and O–H groups in total. The van der Waals surface area contributed by atoms with E-state index in [1.54, 1.807) is 17.1 Å². The van der Waals surface area contributed by atoms with Crippen LogP contribution in [0.15, 0.2) is 24.5 Å². The van der Waals surface area contributed by atoms with E-state index < -0.39 is 10.0 Å². The molecule has 2 unspecified atom stereocenters. The van der Waals surface area contributed by atoms with E-state index in [4.69, 9.17) is 14.8 Å². The molecule has 11 heteroatoms. The second-order valence-electron chi connectivity index (χ2n) is 12.8. The van der Waals surface area contributed by atoms with Crippen LogP contribution >= 0.6 is 10.0 Å². The summed E-state index contributed by atoms with van der Waals surface area (Å²) >= 11 is 0. The fourth-order valence-corrected chi connectivity index (χ4v) is 6.98. The first kappa shape index (κ1) is 28.2. The number of piperidine rings is 1. The lowest BCUT2D eigenvalue weighted by atomic mass is 10.2. The summed E-state index contributed by atoms with van der Waals surface area (Å²) in [5.74, 6) is 3.66. The number of pyridine rings is 1. The summed E-state index contributed by atoms with van der Waals surface area (Å²) < 4.78 is 9.64. The number of hydrogen-bond acceptors (Lipinski definition) is 7. The van der Waals surface area contributed by atoms with Gasteiger partial charge in [-0.25, -0.2) is 19.7 Å². The first-order chi connectivity index (χ1) is 19.6. The summed E-state index contributed by atoms with van der Waals surface area (Å²) in [4.78, 5) is 20.3. The van der Waals surface area contributed by atoms with Crippen LogP contribution in [0.1, 0.15) is 51.0 Å². The molecule has 4 atom stereocenters. The number of carbonyl (C=O) groups excluding carboxylic acids is 1. The lowest BCUT2D eigenvalue weighted by Crippen LogP contribution is -2.27. The Morgan fingerprint density at radius 1 is 1.20 bits per heavy atom. The van der Waals surface area contributed by atoms with Gasteiger partial charge in [0.15, 0.2) is 0 Å². The number of aliphatic hydroxyl groups is 1. The van der Waals surface area contributed by atoms with Gasteiger partial charge in [-0.15, -0.1) is 0 Å². The van der Waals surface area contributed by atoms with Crippen LogP contribution in [0.25, 0.3) is 0 Å². The number of carbonyl (C=O) groups is 1. The number of nitrogens with one attached hydrogen (secondary N) is 1. The summed E-state index contributed by atoms with van der Waals surface area (Å²) in [5, 5.41) is 21.9. The maximum atomic E-state index is 13.2. The Kier molecular flexibility index (Phi) is 7.63. The maximum Gasteiger partial charge on any atom is 0.255 e. The van der Waals surface area contributed by atoms with E-state index >= 15 is 0 Å². The second-order valence-corrected chi connectivity index (χ2v) is 17.4. The summed E-state index contributed by atoms with van der Waals surface area (Å²) in [6, 6.07) is 4.08. The molecule has 3 aromatic heterocycles. The number of nitrogens with zero attached hydrogens (tertiary/aromatic N) is 6. The maximum absolute atomic E-state index is 13.2. The fraction of sp³-hybridized carbons (Fsp3) is 0.600. The highest BCUT2D eigenvalue weighted by Gasteiger charge is 2.55. The molecule has 41 heavy (non-hydrogen) atoms. The van der Waals surface area contributed by atoms with Crippen LogP contribution in [0.2, 0.25) is 0 Å². The number of hydrogen-bond donors (Lipinski definition) is 2. The van der Waals surface area contributed by atoms with Crippen molar-refractivity contribution in [3.8, 4) is 0 Å². The highest BCUT2D eigenvalue weighted by molar-refractivity contribution is 8.32. The molecule has 3 aromatic rings. The molecular formula is C30H43N7O3S. The average Bonchev–Trinajstić information content (AvgIpc) is 3.44. The molecule has 1 aliphatic heterocycles. The summed E-state index contributed by atoms with van der Waals surface area (Å²) in [6.45, 7) is 8.11. The van der Waals surface area contributed by atoms with Crippen LogP contribution in [0.3, 0.4) is 0 Å². The SMILES string of the molecule is Cc1nc(N2CC3C(CO)[C@@H]3C2)ccc1Cn1cc(C(=O)N[C@@H]2CCc3c2nn(COCCS(C)(C)C)c3C)cn1. The molecule has 0 bridgehead atoms. The number of aliphatic hydroxyl groups excluding tert-OH is 1. The van der Waals surface area contributed by atoms with Gasteiger partial charge in [0.1, 0.15) is 12.5 Å². The number of fused-ring (bicyclic) bond motifs is 2. The van der Waals surface area contributed by atoms with Gasteiger partial charge in [0.2, 0.25) is 0 Å². The highest BCUT2D eigenvalue weighted by Crippen LogP contribution is 2.51.